The number of rotatable bonds is 4. The van der Waals surface area contributed by atoms with Crippen LogP contribution < -0.4 is 5.73 Å². The number of alkyl halides is 3. The van der Waals surface area contributed by atoms with Gasteiger partial charge in [0.05, 0.1) is 0 Å². The molecule has 0 fully saturated rings. The summed E-state index contributed by atoms with van der Waals surface area (Å²) in [6, 6.07) is 4.14. The molecule has 0 aliphatic carbocycles. The second kappa shape index (κ2) is 6.00. The topological polar surface area (TPSA) is 80.7 Å². The van der Waals surface area contributed by atoms with Gasteiger partial charge in [0, 0.05) is 4.90 Å². The number of hydrogen-bond donors (Lipinski definition) is 2. The van der Waals surface area contributed by atoms with E-state index in [1.807, 2.05) is 6.92 Å². The van der Waals surface area contributed by atoms with Crippen LogP contribution in [0.1, 0.15) is 6.92 Å². The summed E-state index contributed by atoms with van der Waals surface area (Å²) >= 11 is 1.27. The van der Waals surface area contributed by atoms with Gasteiger partial charge in [0.15, 0.2) is 5.58 Å². The minimum Gasteiger partial charge on any atom is -0.436 e. The Morgan fingerprint density at radius 3 is 2.83 bits per heavy atom. The Morgan fingerprint density at radius 1 is 1.35 bits per heavy atom. The lowest BCUT2D eigenvalue weighted by Crippen LogP contribution is -1.98. The van der Waals surface area contributed by atoms with Crippen molar-refractivity contribution in [1.82, 2.24) is 15.2 Å². The number of thioether (sulfide) groups is 2. The van der Waals surface area contributed by atoms with Crippen molar-refractivity contribution in [1.29, 1.82) is 0 Å². The fourth-order valence-electron chi connectivity index (χ4n) is 2.00. The Balaban J connectivity index is 2.02. The molecule has 3 rings (SSSR count). The first-order valence-electron chi connectivity index (χ1n) is 6.50. The highest BCUT2D eigenvalue weighted by molar-refractivity contribution is 8.00. The molecule has 1 aromatic carbocycles. The Kier molecular flexibility index (Phi) is 4.19. The molecule has 0 saturated carbocycles. The number of nitrogens with zero attached hydrogens (tertiary/aromatic N) is 2. The van der Waals surface area contributed by atoms with Gasteiger partial charge in [-0.05, 0) is 35.7 Å². The number of oxazole rings is 1. The number of hydrogen-bond acceptors (Lipinski definition) is 6. The highest BCUT2D eigenvalue weighted by atomic mass is 32.2. The Labute approximate surface area is 137 Å². The van der Waals surface area contributed by atoms with E-state index in [9.17, 15) is 13.2 Å². The molecule has 2 aromatic heterocycles. The van der Waals surface area contributed by atoms with Gasteiger partial charge in [-0.1, -0.05) is 6.92 Å². The van der Waals surface area contributed by atoms with Crippen molar-refractivity contribution >= 4 is 40.4 Å². The molecule has 3 N–H and O–H groups in total. The molecule has 23 heavy (non-hydrogen) atoms. The molecule has 0 spiro atoms. The highest BCUT2D eigenvalue weighted by Crippen LogP contribution is 2.39. The van der Waals surface area contributed by atoms with Crippen molar-refractivity contribution in [2.45, 2.75) is 22.4 Å². The summed E-state index contributed by atoms with van der Waals surface area (Å²) in [7, 11) is 0. The van der Waals surface area contributed by atoms with Gasteiger partial charge in [0.25, 0.3) is 0 Å². The molecule has 3 aromatic rings. The predicted octanol–water partition coefficient (Wildman–Crippen LogP) is 4.52. The molecule has 0 amide bonds. The van der Waals surface area contributed by atoms with Gasteiger partial charge in [-0.25, -0.2) is 4.98 Å². The first-order chi connectivity index (χ1) is 10.9. The molecule has 0 atom stereocenters. The third-order valence-corrected chi connectivity index (χ3v) is 4.43. The summed E-state index contributed by atoms with van der Waals surface area (Å²) in [4.78, 5) is 4.30. The number of aromatic amines is 1. The maximum Gasteiger partial charge on any atom is 0.446 e. The fourth-order valence-corrected chi connectivity index (χ4v) is 3.30. The van der Waals surface area contributed by atoms with Gasteiger partial charge in [-0.2, -0.15) is 18.3 Å². The van der Waals surface area contributed by atoms with Crippen LogP contribution in [0.3, 0.4) is 0 Å². The van der Waals surface area contributed by atoms with Gasteiger partial charge in [-0.15, -0.1) is 11.8 Å². The zero-order chi connectivity index (χ0) is 16.6. The normalized spacial score (nSPS) is 12.2. The van der Waals surface area contributed by atoms with Gasteiger partial charge in [-0.3, -0.25) is 5.10 Å². The second-order valence-corrected chi connectivity index (χ2v) is 6.84. The molecule has 0 radical (unpaired) electrons. The van der Waals surface area contributed by atoms with E-state index in [1.54, 1.807) is 0 Å². The third-order valence-electron chi connectivity index (χ3n) is 2.85. The number of H-pyrrole nitrogens is 1. The van der Waals surface area contributed by atoms with E-state index in [0.717, 1.165) is 5.75 Å². The Bertz CT molecular complexity index is 843. The average molecular weight is 360 g/mol. The van der Waals surface area contributed by atoms with Crippen molar-refractivity contribution in [2.75, 3.05) is 11.5 Å². The van der Waals surface area contributed by atoms with Gasteiger partial charge in [0.2, 0.25) is 5.89 Å². The maximum atomic E-state index is 12.4. The van der Waals surface area contributed by atoms with Gasteiger partial charge < -0.3 is 10.2 Å². The third kappa shape index (κ3) is 3.42. The standard InChI is InChI=1S/C13H11F3N4OS2/c1-2-22-12-9(10(17)19-20-12)11-18-7-5-6(23-13(14,15)16)3-4-8(7)21-11/h3-5H,2H2,1H3,(H3,17,19,20). The summed E-state index contributed by atoms with van der Waals surface area (Å²) in [5, 5.41) is 7.38. The molecular weight excluding hydrogens is 349 g/mol. The van der Waals surface area contributed by atoms with E-state index < -0.39 is 5.51 Å². The lowest BCUT2D eigenvalue weighted by Gasteiger charge is -2.04. The molecule has 0 saturated heterocycles. The summed E-state index contributed by atoms with van der Waals surface area (Å²) in [6.45, 7) is 1.96. The Morgan fingerprint density at radius 2 is 2.13 bits per heavy atom. The average Bonchev–Trinajstić information content (AvgIpc) is 3.00. The lowest BCUT2D eigenvalue weighted by atomic mass is 10.3. The van der Waals surface area contributed by atoms with Crippen molar-refractivity contribution in [3.63, 3.8) is 0 Å². The molecule has 0 unspecified atom stereocenters. The molecular formula is C13H11F3N4OS2. The van der Waals surface area contributed by atoms with Crippen LogP contribution in [0.15, 0.2) is 32.5 Å². The van der Waals surface area contributed by atoms with Crippen LogP contribution >= 0.6 is 23.5 Å². The smallest absolute Gasteiger partial charge is 0.436 e. The zero-order valence-corrected chi connectivity index (χ0v) is 13.4. The van der Waals surface area contributed by atoms with Gasteiger partial charge in [0.1, 0.15) is 21.9 Å². The van der Waals surface area contributed by atoms with E-state index in [4.69, 9.17) is 10.2 Å². The summed E-state index contributed by atoms with van der Waals surface area (Å²) < 4.78 is 43.0. The van der Waals surface area contributed by atoms with Crippen LogP contribution in [0, 0.1) is 0 Å². The molecule has 122 valence electrons. The summed E-state index contributed by atoms with van der Waals surface area (Å²) in [5.41, 5.74) is 2.76. The van der Waals surface area contributed by atoms with Crippen LogP contribution in [0.5, 0.6) is 0 Å². The highest BCUT2D eigenvalue weighted by Gasteiger charge is 2.29. The number of anilines is 1. The van der Waals surface area contributed by atoms with Gasteiger partial charge >= 0.3 is 5.51 Å². The number of nitrogens with two attached hydrogens (primary N) is 1. The zero-order valence-electron chi connectivity index (χ0n) is 11.8. The van der Waals surface area contributed by atoms with E-state index >= 15 is 0 Å². The van der Waals surface area contributed by atoms with E-state index in [-0.39, 0.29) is 22.5 Å². The van der Waals surface area contributed by atoms with Crippen molar-refractivity contribution in [3.8, 4) is 11.5 Å². The van der Waals surface area contributed by atoms with Crippen LogP contribution in [0.4, 0.5) is 19.0 Å². The quantitative estimate of drug-likeness (QED) is 0.666. The maximum absolute atomic E-state index is 12.4. The predicted molar refractivity (Wildman–Crippen MR) is 84.3 cm³/mol. The minimum atomic E-state index is -4.35. The van der Waals surface area contributed by atoms with Crippen LogP contribution in [-0.2, 0) is 0 Å². The molecule has 10 heteroatoms. The number of benzene rings is 1. The Hall–Kier alpha value is -1.81. The van der Waals surface area contributed by atoms with Crippen LogP contribution in [0.2, 0.25) is 0 Å². The first kappa shape index (κ1) is 16.1. The largest absolute Gasteiger partial charge is 0.446 e. The number of aromatic nitrogens is 3. The molecule has 0 aliphatic heterocycles. The van der Waals surface area contributed by atoms with Crippen molar-refractivity contribution < 1.29 is 17.6 Å². The number of nitrogen functional groups attached to an aromatic ring is 1. The number of nitrogens with one attached hydrogen (secondary N) is 1. The van der Waals surface area contributed by atoms with Crippen LogP contribution in [-0.4, -0.2) is 26.4 Å². The monoisotopic (exact) mass is 360 g/mol. The van der Waals surface area contributed by atoms with Crippen molar-refractivity contribution in [2.24, 2.45) is 0 Å². The summed E-state index contributed by atoms with van der Waals surface area (Å²) in [5.74, 6) is 1.32. The van der Waals surface area contributed by atoms with E-state index in [0.29, 0.717) is 27.5 Å². The lowest BCUT2D eigenvalue weighted by molar-refractivity contribution is -0.0328. The molecule has 0 aliphatic rings. The first-order valence-corrected chi connectivity index (χ1v) is 8.31. The SMILES string of the molecule is CCSc1n[nH]c(N)c1-c1nc2cc(SC(F)(F)F)ccc2o1. The molecule has 5 nitrogen and oxygen atoms in total. The fraction of sp³-hybridized carbons (Fsp3) is 0.231. The molecule has 2 heterocycles. The van der Waals surface area contributed by atoms with E-state index in [2.05, 4.69) is 15.2 Å². The van der Waals surface area contributed by atoms with Crippen molar-refractivity contribution in [3.05, 3.63) is 18.2 Å². The minimum absolute atomic E-state index is 0.0492. The molecule has 0 bridgehead atoms. The van der Waals surface area contributed by atoms with E-state index in [1.165, 1.54) is 30.0 Å². The van der Waals surface area contributed by atoms with Crippen LogP contribution in [0.25, 0.3) is 22.6 Å². The second-order valence-electron chi connectivity index (χ2n) is 4.45. The summed E-state index contributed by atoms with van der Waals surface area (Å²) in [6.07, 6.45) is 0. The number of fused-ring (bicyclic) bond motifs is 1. The number of halogens is 3.